The summed E-state index contributed by atoms with van der Waals surface area (Å²) in [5, 5.41) is 8.51. The number of carbonyl (C=O) groups excluding carboxylic acids is 5. The summed E-state index contributed by atoms with van der Waals surface area (Å²) in [4.78, 5) is 62.5. The number of esters is 2. The van der Waals surface area contributed by atoms with Gasteiger partial charge in [-0.2, -0.15) is 0 Å². The number of aryl methyl sites for hydroxylation is 1. The summed E-state index contributed by atoms with van der Waals surface area (Å²) in [6.07, 6.45) is 11.5. The Morgan fingerprint density at radius 1 is 1.00 bits per heavy atom. The Hall–Kier alpha value is -4.37. The molecule has 3 amide bonds. The zero-order chi connectivity index (χ0) is 42.6. The fraction of sp³-hybridized carbons (Fsp3) is 0.614. The van der Waals surface area contributed by atoms with Crippen molar-refractivity contribution in [3.05, 3.63) is 65.8 Å². The van der Waals surface area contributed by atoms with Gasteiger partial charge in [0.25, 0.3) is 0 Å². The van der Waals surface area contributed by atoms with Gasteiger partial charge < -0.3 is 45.4 Å². The summed E-state index contributed by atoms with van der Waals surface area (Å²) in [5.41, 5.74) is 8.05. The quantitative estimate of drug-likeness (QED) is 0.0700. The number of rotatable bonds is 18. The Bertz CT molecular complexity index is 1690. The lowest BCUT2D eigenvalue weighted by Gasteiger charge is -2.39. The fourth-order valence-electron chi connectivity index (χ4n) is 7.17. The minimum atomic E-state index is -0.814. The van der Waals surface area contributed by atoms with E-state index in [0.29, 0.717) is 25.1 Å². The van der Waals surface area contributed by atoms with Gasteiger partial charge >= 0.3 is 11.9 Å². The molecule has 3 fully saturated rings. The molecule has 0 unspecified atom stereocenters. The monoisotopic (exact) mass is 808 g/mol. The Balaban J connectivity index is 1.17. The van der Waals surface area contributed by atoms with E-state index in [1.165, 1.54) is 13.2 Å². The number of nitrogens with two attached hydrogens (primary N) is 1. The number of carbonyl (C=O) groups is 5. The van der Waals surface area contributed by atoms with Gasteiger partial charge in [0.15, 0.2) is 0 Å². The van der Waals surface area contributed by atoms with Crippen LogP contribution in [0.4, 0.5) is 5.69 Å². The number of benzene rings is 1. The third-order valence-corrected chi connectivity index (χ3v) is 11.0. The van der Waals surface area contributed by atoms with Crippen molar-refractivity contribution >= 4 is 35.3 Å². The lowest BCUT2D eigenvalue weighted by atomic mass is 9.88. The van der Waals surface area contributed by atoms with Crippen LogP contribution in [0.25, 0.3) is 0 Å². The molecule has 3 heterocycles. The van der Waals surface area contributed by atoms with Crippen LogP contribution in [0.2, 0.25) is 0 Å². The second-order valence-corrected chi connectivity index (χ2v) is 16.4. The number of para-hydroxylation sites is 1. The molecular formula is C44H64N4O10. The molecule has 0 radical (unpaired) electrons. The Kier molecular flexibility index (Phi) is 17.2. The summed E-state index contributed by atoms with van der Waals surface area (Å²) in [6.45, 7) is 13.7. The van der Waals surface area contributed by atoms with Gasteiger partial charge in [0, 0.05) is 31.0 Å². The molecule has 3 aliphatic rings. The van der Waals surface area contributed by atoms with E-state index in [-0.39, 0.29) is 72.6 Å². The van der Waals surface area contributed by atoms with Crippen molar-refractivity contribution < 1.29 is 47.7 Å². The van der Waals surface area contributed by atoms with Gasteiger partial charge in [-0.1, -0.05) is 62.8 Å². The summed E-state index contributed by atoms with van der Waals surface area (Å²) < 4.78 is 28.6. The van der Waals surface area contributed by atoms with Crippen molar-refractivity contribution in [1.82, 2.24) is 10.6 Å². The number of hydrogen-bond acceptors (Lipinski definition) is 11. The predicted molar refractivity (Wildman–Crippen MR) is 219 cm³/mol. The summed E-state index contributed by atoms with van der Waals surface area (Å²) in [5.74, 6) is -1.73. The van der Waals surface area contributed by atoms with E-state index >= 15 is 0 Å². The Labute approximate surface area is 343 Å². The molecule has 58 heavy (non-hydrogen) atoms. The van der Waals surface area contributed by atoms with Crippen LogP contribution >= 0.6 is 0 Å². The van der Waals surface area contributed by atoms with Gasteiger partial charge in [0.05, 0.1) is 62.2 Å². The van der Waals surface area contributed by atoms with E-state index in [2.05, 4.69) is 29.0 Å². The van der Waals surface area contributed by atoms with Crippen molar-refractivity contribution in [2.45, 2.75) is 148 Å². The Morgan fingerprint density at radius 2 is 1.72 bits per heavy atom. The zero-order valence-corrected chi connectivity index (χ0v) is 35.3. The van der Waals surface area contributed by atoms with Crippen LogP contribution in [0, 0.1) is 11.8 Å². The average Bonchev–Trinajstić information content (AvgIpc) is 3.92. The fourth-order valence-corrected chi connectivity index (χ4v) is 7.17. The number of nitrogens with one attached hydrogen (secondary N) is 3. The van der Waals surface area contributed by atoms with E-state index in [1.54, 1.807) is 32.1 Å². The summed E-state index contributed by atoms with van der Waals surface area (Å²) in [7, 11) is 1.38. The molecule has 1 aromatic carbocycles. The van der Waals surface area contributed by atoms with Gasteiger partial charge in [-0.25, -0.2) is 0 Å². The molecule has 0 aromatic heterocycles. The molecule has 0 saturated carbocycles. The van der Waals surface area contributed by atoms with Gasteiger partial charge in [-0.3, -0.25) is 24.0 Å². The van der Waals surface area contributed by atoms with E-state index in [0.717, 1.165) is 30.4 Å². The van der Waals surface area contributed by atoms with Crippen LogP contribution in [0.1, 0.15) is 92.6 Å². The van der Waals surface area contributed by atoms with Gasteiger partial charge in [0.1, 0.15) is 12.1 Å². The molecule has 5 N–H and O–H groups in total. The molecule has 14 heteroatoms. The van der Waals surface area contributed by atoms with Crippen molar-refractivity contribution in [2.24, 2.45) is 17.6 Å². The molecule has 1 spiro atoms. The van der Waals surface area contributed by atoms with Crippen LogP contribution in [-0.2, 0) is 54.1 Å². The standard InChI is InChI=1S/C44H64N4O10/c1-26(2)41(45)43(53)46-30(6)42(52)48-35-12-10-9-11-32(35)16-20-39(50)56-29(5)15-19-38(49)47-36-21-28(4)37(57-31(36)7)18-14-27(3)13-17-33-23-44(25-55-44)24-34(58-33)22-40(51)54-8/h9-15,17,19,26,28-31,33-34,36-37,41H,16,18,20-25,45H2,1-8H3,(H,46,53)(H,47,49)(H,48,52)/t28-,29-,30-,31+,33+,34+,36+,37-,41-,44+/m0/s1. The minimum Gasteiger partial charge on any atom is -0.469 e. The maximum Gasteiger partial charge on any atom is 0.308 e. The third kappa shape index (κ3) is 14.5. The van der Waals surface area contributed by atoms with Gasteiger partial charge in [-0.15, -0.1) is 0 Å². The summed E-state index contributed by atoms with van der Waals surface area (Å²) >= 11 is 0. The molecule has 10 atom stereocenters. The summed E-state index contributed by atoms with van der Waals surface area (Å²) in [6, 6.07) is 5.40. The van der Waals surface area contributed by atoms with Crippen molar-refractivity contribution in [3.63, 3.8) is 0 Å². The first kappa shape index (κ1) is 46.3. The Morgan fingerprint density at radius 3 is 2.41 bits per heavy atom. The lowest BCUT2D eigenvalue weighted by molar-refractivity contribution is -0.147. The van der Waals surface area contributed by atoms with Crippen LogP contribution in [0.15, 0.2) is 60.2 Å². The number of ether oxygens (including phenoxy) is 5. The first-order valence-electron chi connectivity index (χ1n) is 20.5. The molecular weight excluding hydrogens is 745 g/mol. The van der Waals surface area contributed by atoms with Crippen molar-refractivity contribution in [2.75, 3.05) is 19.0 Å². The van der Waals surface area contributed by atoms with Crippen LogP contribution in [0.5, 0.6) is 0 Å². The van der Waals surface area contributed by atoms with Crippen LogP contribution < -0.4 is 21.7 Å². The highest BCUT2D eigenvalue weighted by molar-refractivity contribution is 5.98. The maximum absolute atomic E-state index is 12.9. The molecule has 4 rings (SSSR count). The zero-order valence-electron chi connectivity index (χ0n) is 35.3. The molecule has 3 aliphatic heterocycles. The van der Waals surface area contributed by atoms with E-state index < -0.39 is 36.0 Å². The number of allylic oxidation sites excluding steroid dienone is 2. The number of epoxide rings is 1. The highest BCUT2D eigenvalue weighted by Crippen LogP contribution is 2.43. The largest absolute Gasteiger partial charge is 0.469 e. The SMILES string of the molecule is COC(=O)C[C@@H]1C[C@@]2(CO2)C[C@@H](C=CC(C)=CC[C@@H]2O[C@H](C)[C@H](NC(=O)C=C[C@H](C)OC(=O)CCc3ccccc3NC(=O)[C@H](C)NC(=O)[C@@H](N)C(C)C)C[C@@H]2C)O1. The number of amides is 3. The molecule has 1 aromatic rings. The minimum absolute atomic E-state index is 0.00604. The second kappa shape index (κ2) is 21.6. The normalized spacial score (nSPS) is 27.5. The smallest absolute Gasteiger partial charge is 0.308 e. The molecule has 14 nitrogen and oxygen atoms in total. The van der Waals surface area contributed by atoms with E-state index in [4.69, 9.17) is 29.4 Å². The average molecular weight is 809 g/mol. The highest BCUT2D eigenvalue weighted by atomic mass is 16.6. The highest BCUT2D eigenvalue weighted by Gasteiger charge is 2.51. The molecule has 320 valence electrons. The van der Waals surface area contributed by atoms with Crippen LogP contribution in [0.3, 0.4) is 0 Å². The first-order chi connectivity index (χ1) is 27.5. The van der Waals surface area contributed by atoms with Crippen molar-refractivity contribution in [1.29, 1.82) is 0 Å². The second-order valence-electron chi connectivity index (χ2n) is 16.4. The number of anilines is 1. The van der Waals surface area contributed by atoms with E-state index in [1.807, 2.05) is 52.0 Å². The maximum atomic E-state index is 12.9. The predicted octanol–water partition coefficient (Wildman–Crippen LogP) is 4.60. The molecule has 0 bridgehead atoms. The third-order valence-electron chi connectivity index (χ3n) is 11.0. The first-order valence-corrected chi connectivity index (χ1v) is 20.5. The van der Waals surface area contributed by atoms with Crippen molar-refractivity contribution in [3.8, 4) is 0 Å². The lowest BCUT2D eigenvalue weighted by Crippen LogP contribution is -2.50. The molecule has 3 saturated heterocycles. The van der Waals surface area contributed by atoms with Crippen LogP contribution in [-0.4, -0.2) is 97.6 Å². The van der Waals surface area contributed by atoms with Gasteiger partial charge in [0.2, 0.25) is 17.7 Å². The number of methoxy groups -OCH3 is 1. The van der Waals surface area contributed by atoms with Gasteiger partial charge in [-0.05, 0) is 76.5 Å². The number of hydrogen-bond donors (Lipinski definition) is 4. The topological polar surface area (TPSA) is 197 Å². The van der Waals surface area contributed by atoms with E-state index in [9.17, 15) is 24.0 Å². The molecule has 0 aliphatic carbocycles.